The summed E-state index contributed by atoms with van der Waals surface area (Å²) in [6.45, 7) is 2.60. The topological polar surface area (TPSA) is 111 Å². The summed E-state index contributed by atoms with van der Waals surface area (Å²) in [5, 5.41) is 3.08. The molecule has 0 aliphatic heterocycles. The SMILES string of the molecule is CCc1cccnc1CNc1nc(NN)nc(OC)n1. The Morgan fingerprint density at radius 1 is 1.25 bits per heavy atom. The van der Waals surface area contributed by atoms with Crippen molar-refractivity contribution >= 4 is 11.9 Å². The van der Waals surface area contributed by atoms with Crippen LogP contribution in [0.4, 0.5) is 11.9 Å². The number of aryl methyl sites for hydroxylation is 1. The van der Waals surface area contributed by atoms with Crippen molar-refractivity contribution in [3.05, 3.63) is 29.6 Å². The van der Waals surface area contributed by atoms with E-state index in [9.17, 15) is 0 Å². The zero-order valence-electron chi connectivity index (χ0n) is 11.4. The largest absolute Gasteiger partial charge is 0.467 e. The predicted octanol–water partition coefficient (Wildman–Crippen LogP) is 0.735. The molecule has 106 valence electrons. The normalized spacial score (nSPS) is 10.2. The predicted molar refractivity (Wildman–Crippen MR) is 75.1 cm³/mol. The summed E-state index contributed by atoms with van der Waals surface area (Å²) in [4.78, 5) is 16.5. The molecule has 0 amide bonds. The molecule has 0 aliphatic carbocycles. The van der Waals surface area contributed by atoms with E-state index in [0.717, 1.165) is 12.1 Å². The van der Waals surface area contributed by atoms with E-state index >= 15 is 0 Å². The van der Waals surface area contributed by atoms with E-state index in [-0.39, 0.29) is 12.0 Å². The van der Waals surface area contributed by atoms with E-state index in [1.54, 1.807) is 6.20 Å². The Morgan fingerprint density at radius 2 is 2.05 bits per heavy atom. The van der Waals surface area contributed by atoms with Gasteiger partial charge in [-0.3, -0.25) is 10.4 Å². The van der Waals surface area contributed by atoms with Crippen LogP contribution in [0.3, 0.4) is 0 Å². The van der Waals surface area contributed by atoms with Crippen LogP contribution in [0.5, 0.6) is 6.01 Å². The highest BCUT2D eigenvalue weighted by molar-refractivity contribution is 5.36. The molecule has 0 aromatic carbocycles. The highest BCUT2D eigenvalue weighted by Gasteiger charge is 2.07. The van der Waals surface area contributed by atoms with Gasteiger partial charge in [-0.25, -0.2) is 5.84 Å². The van der Waals surface area contributed by atoms with Gasteiger partial charge in [-0.2, -0.15) is 15.0 Å². The van der Waals surface area contributed by atoms with E-state index < -0.39 is 0 Å². The highest BCUT2D eigenvalue weighted by atomic mass is 16.5. The van der Waals surface area contributed by atoms with E-state index in [1.807, 2.05) is 12.1 Å². The van der Waals surface area contributed by atoms with Gasteiger partial charge in [0.05, 0.1) is 19.3 Å². The minimum Gasteiger partial charge on any atom is -0.467 e. The molecule has 8 nitrogen and oxygen atoms in total. The van der Waals surface area contributed by atoms with Crippen molar-refractivity contribution < 1.29 is 4.74 Å². The first-order valence-corrected chi connectivity index (χ1v) is 6.20. The van der Waals surface area contributed by atoms with Crippen LogP contribution in [0.1, 0.15) is 18.2 Å². The Kier molecular flexibility index (Phi) is 4.61. The van der Waals surface area contributed by atoms with E-state index in [2.05, 4.69) is 37.6 Å². The van der Waals surface area contributed by atoms with Crippen LogP contribution >= 0.6 is 0 Å². The average molecular weight is 275 g/mol. The Hall–Kier alpha value is -2.48. The molecular weight excluding hydrogens is 258 g/mol. The van der Waals surface area contributed by atoms with E-state index in [1.165, 1.54) is 12.7 Å². The summed E-state index contributed by atoms with van der Waals surface area (Å²) in [7, 11) is 1.48. The summed E-state index contributed by atoms with van der Waals surface area (Å²) in [6.07, 6.45) is 2.68. The molecule has 0 spiro atoms. The third kappa shape index (κ3) is 3.29. The van der Waals surface area contributed by atoms with Gasteiger partial charge in [0.15, 0.2) is 0 Å². The van der Waals surface area contributed by atoms with Crippen molar-refractivity contribution in [2.45, 2.75) is 19.9 Å². The van der Waals surface area contributed by atoms with Crippen LogP contribution in [-0.2, 0) is 13.0 Å². The van der Waals surface area contributed by atoms with Gasteiger partial charge in [-0.1, -0.05) is 13.0 Å². The lowest BCUT2D eigenvalue weighted by atomic mass is 10.1. The van der Waals surface area contributed by atoms with Gasteiger partial charge in [0.25, 0.3) is 0 Å². The zero-order chi connectivity index (χ0) is 14.4. The van der Waals surface area contributed by atoms with Crippen LogP contribution in [0.2, 0.25) is 0 Å². The monoisotopic (exact) mass is 275 g/mol. The van der Waals surface area contributed by atoms with Gasteiger partial charge < -0.3 is 10.1 Å². The van der Waals surface area contributed by atoms with E-state index in [4.69, 9.17) is 10.6 Å². The molecule has 8 heteroatoms. The molecule has 2 aromatic heterocycles. The Morgan fingerprint density at radius 3 is 2.75 bits per heavy atom. The molecule has 0 atom stereocenters. The second-order valence-corrected chi connectivity index (χ2v) is 3.93. The summed E-state index contributed by atoms with van der Waals surface area (Å²) in [5.41, 5.74) is 4.50. The fraction of sp³-hybridized carbons (Fsp3) is 0.333. The Balaban J connectivity index is 2.14. The molecule has 0 saturated heterocycles. The molecule has 0 bridgehead atoms. The highest BCUT2D eigenvalue weighted by Crippen LogP contribution is 2.12. The molecule has 20 heavy (non-hydrogen) atoms. The zero-order valence-corrected chi connectivity index (χ0v) is 11.4. The van der Waals surface area contributed by atoms with Gasteiger partial charge >= 0.3 is 6.01 Å². The number of methoxy groups -OCH3 is 1. The maximum atomic E-state index is 5.30. The lowest BCUT2D eigenvalue weighted by Crippen LogP contribution is -2.14. The third-order valence-electron chi connectivity index (χ3n) is 2.71. The average Bonchev–Trinajstić information content (AvgIpc) is 2.52. The first-order chi connectivity index (χ1) is 9.76. The van der Waals surface area contributed by atoms with Gasteiger partial charge in [0, 0.05) is 6.20 Å². The minimum absolute atomic E-state index is 0.187. The van der Waals surface area contributed by atoms with Crippen LogP contribution < -0.4 is 21.3 Å². The minimum atomic E-state index is 0.187. The molecule has 4 N–H and O–H groups in total. The maximum absolute atomic E-state index is 5.30. The van der Waals surface area contributed by atoms with Crippen molar-refractivity contribution in [1.29, 1.82) is 0 Å². The molecule has 0 aliphatic rings. The van der Waals surface area contributed by atoms with Crippen molar-refractivity contribution in [2.24, 2.45) is 5.84 Å². The van der Waals surface area contributed by atoms with Crippen molar-refractivity contribution in [3.8, 4) is 6.01 Å². The summed E-state index contributed by atoms with van der Waals surface area (Å²) >= 11 is 0. The van der Waals surface area contributed by atoms with Crippen LogP contribution in [0.25, 0.3) is 0 Å². The second kappa shape index (κ2) is 6.62. The van der Waals surface area contributed by atoms with Crippen molar-refractivity contribution in [1.82, 2.24) is 19.9 Å². The van der Waals surface area contributed by atoms with Gasteiger partial charge in [-0.05, 0) is 18.1 Å². The lowest BCUT2D eigenvalue weighted by Gasteiger charge is -2.09. The number of aromatic nitrogens is 4. The molecule has 0 saturated carbocycles. The number of pyridine rings is 1. The molecule has 0 unspecified atom stereocenters. The third-order valence-corrected chi connectivity index (χ3v) is 2.71. The number of hydrazine groups is 1. The number of nitrogens with two attached hydrogens (primary N) is 1. The number of nitrogens with zero attached hydrogens (tertiary/aromatic N) is 4. The van der Waals surface area contributed by atoms with Crippen LogP contribution in [0.15, 0.2) is 18.3 Å². The standard InChI is InChI=1S/C12H17N7O/c1-3-8-5-4-6-14-9(8)7-15-10-16-11(19-13)18-12(17-10)20-2/h4-6H,3,7,13H2,1-2H3,(H2,15,16,17,18,19). The lowest BCUT2D eigenvalue weighted by molar-refractivity contribution is 0.379. The fourth-order valence-corrected chi connectivity index (χ4v) is 1.71. The number of hydrogen-bond donors (Lipinski definition) is 3. The molecule has 2 rings (SSSR count). The fourth-order valence-electron chi connectivity index (χ4n) is 1.71. The van der Waals surface area contributed by atoms with Crippen molar-refractivity contribution in [2.75, 3.05) is 17.9 Å². The number of ether oxygens (including phenoxy) is 1. The van der Waals surface area contributed by atoms with Crippen LogP contribution in [0, 0.1) is 0 Å². The van der Waals surface area contributed by atoms with Gasteiger partial charge in [0.1, 0.15) is 0 Å². The van der Waals surface area contributed by atoms with E-state index in [0.29, 0.717) is 12.5 Å². The van der Waals surface area contributed by atoms with Gasteiger partial charge in [0.2, 0.25) is 11.9 Å². The Bertz CT molecular complexity index is 553. The number of anilines is 2. The van der Waals surface area contributed by atoms with Gasteiger partial charge in [-0.15, -0.1) is 0 Å². The second-order valence-electron chi connectivity index (χ2n) is 3.93. The molecule has 2 heterocycles. The quantitative estimate of drug-likeness (QED) is 0.523. The molecular formula is C12H17N7O. The van der Waals surface area contributed by atoms with Crippen molar-refractivity contribution in [3.63, 3.8) is 0 Å². The number of nitrogens with one attached hydrogen (secondary N) is 2. The molecule has 0 radical (unpaired) electrons. The molecule has 0 fully saturated rings. The number of rotatable bonds is 6. The summed E-state index contributed by atoms with van der Waals surface area (Å²) < 4.78 is 4.98. The number of nitrogen functional groups attached to an aromatic ring is 1. The molecule has 2 aromatic rings. The number of hydrogen-bond acceptors (Lipinski definition) is 8. The van der Waals surface area contributed by atoms with Crippen LogP contribution in [-0.4, -0.2) is 27.0 Å². The summed E-state index contributed by atoms with van der Waals surface area (Å²) in [6, 6.07) is 4.16. The Labute approximate surface area is 116 Å². The first kappa shape index (κ1) is 13.9. The summed E-state index contributed by atoms with van der Waals surface area (Å²) in [5.74, 6) is 5.90. The maximum Gasteiger partial charge on any atom is 0.322 e. The smallest absolute Gasteiger partial charge is 0.322 e. The first-order valence-electron chi connectivity index (χ1n) is 6.20.